The van der Waals surface area contributed by atoms with Gasteiger partial charge < -0.3 is 10.1 Å². The number of fused-ring (bicyclic) bond motifs is 1. The van der Waals surface area contributed by atoms with Crippen molar-refractivity contribution >= 4 is 61.9 Å². The van der Waals surface area contributed by atoms with Crippen molar-refractivity contribution in [3.63, 3.8) is 0 Å². The van der Waals surface area contributed by atoms with E-state index < -0.39 is 28.7 Å². The van der Waals surface area contributed by atoms with Gasteiger partial charge in [-0.1, -0.05) is 59.1 Å². The van der Waals surface area contributed by atoms with Gasteiger partial charge in [0.05, 0.1) is 22.0 Å². The Morgan fingerprint density at radius 3 is 2.75 bits per heavy atom. The van der Waals surface area contributed by atoms with Crippen LogP contribution < -0.4 is 15.6 Å². The van der Waals surface area contributed by atoms with Crippen LogP contribution in [0.1, 0.15) is 36.7 Å². The first kappa shape index (κ1) is 28.9. The number of ether oxygens (including phenoxy) is 1. The first-order valence-electron chi connectivity index (χ1n) is 12.4. The summed E-state index contributed by atoms with van der Waals surface area (Å²) in [6.07, 6.45) is 3.39. The average Bonchev–Trinajstić information content (AvgIpc) is 2.92. The minimum absolute atomic E-state index is 0.0592. The summed E-state index contributed by atoms with van der Waals surface area (Å²) in [4.78, 5) is 41.8. The predicted octanol–water partition coefficient (Wildman–Crippen LogP) is 6.27. The number of hydrogen-bond acceptors (Lipinski definition) is 7. The lowest BCUT2D eigenvalue weighted by Gasteiger charge is -2.12. The third-order valence-corrected chi connectivity index (χ3v) is 6.68. The predicted molar refractivity (Wildman–Crippen MR) is 159 cm³/mol. The van der Waals surface area contributed by atoms with Crippen molar-refractivity contribution < 1.29 is 14.5 Å². The Morgan fingerprint density at radius 2 is 2.02 bits per heavy atom. The van der Waals surface area contributed by atoms with E-state index in [9.17, 15) is 19.7 Å². The molecule has 10 nitrogen and oxygen atoms in total. The molecule has 4 rings (SSSR count). The Labute approximate surface area is 242 Å². The van der Waals surface area contributed by atoms with Gasteiger partial charge in [-0.2, -0.15) is 9.78 Å². The molecule has 0 saturated heterocycles. The van der Waals surface area contributed by atoms with E-state index in [-0.39, 0.29) is 16.3 Å². The van der Waals surface area contributed by atoms with Crippen LogP contribution in [0.25, 0.3) is 10.9 Å². The number of nitro benzene ring substituents is 1. The molecule has 0 bridgehead atoms. The van der Waals surface area contributed by atoms with E-state index in [0.717, 1.165) is 24.5 Å². The second-order valence-corrected chi connectivity index (χ2v) is 10.3. The molecule has 0 aliphatic heterocycles. The van der Waals surface area contributed by atoms with Gasteiger partial charge in [0, 0.05) is 33.2 Å². The van der Waals surface area contributed by atoms with Crippen LogP contribution in [-0.4, -0.2) is 33.3 Å². The van der Waals surface area contributed by atoms with Gasteiger partial charge in [0.25, 0.3) is 11.5 Å². The van der Waals surface area contributed by atoms with Crippen LogP contribution in [0.4, 0.5) is 11.4 Å². The highest BCUT2D eigenvalue weighted by Crippen LogP contribution is 2.34. The number of halogens is 2. The highest BCUT2D eigenvalue weighted by molar-refractivity contribution is 9.10. The molecule has 0 saturated carbocycles. The maximum Gasteiger partial charge on any atom is 0.313 e. The number of carbonyl (C=O) groups is 1. The van der Waals surface area contributed by atoms with Crippen molar-refractivity contribution in [2.75, 3.05) is 11.9 Å². The zero-order chi connectivity index (χ0) is 28.8. The van der Waals surface area contributed by atoms with E-state index in [1.54, 1.807) is 30.3 Å². The first-order valence-corrected chi connectivity index (χ1v) is 13.6. The Morgan fingerprint density at radius 1 is 1.25 bits per heavy atom. The summed E-state index contributed by atoms with van der Waals surface area (Å²) >= 11 is 9.55. The number of benzene rings is 3. The van der Waals surface area contributed by atoms with Crippen LogP contribution in [0, 0.1) is 17.0 Å². The van der Waals surface area contributed by atoms with E-state index in [4.69, 9.17) is 16.3 Å². The van der Waals surface area contributed by atoms with Gasteiger partial charge in [0.1, 0.15) is 5.82 Å². The maximum absolute atomic E-state index is 13.4. The standard InChI is InChI=1S/C28H25BrClN5O5/c1-3-4-9-25-32-23-11-10-19(29)13-21(23)28(37)34(25)31-15-18-12-20(30)14-24(35(38)39)27(18)40-16-26(36)33-22-8-6-5-7-17(22)2/h5-8,10-15H,3-4,9,16H2,1-2H3,(H,33,36). The van der Waals surface area contributed by atoms with Crippen molar-refractivity contribution in [3.8, 4) is 5.75 Å². The van der Waals surface area contributed by atoms with Crippen molar-refractivity contribution in [1.82, 2.24) is 9.66 Å². The molecule has 0 aliphatic carbocycles. The Kier molecular flexibility index (Phi) is 9.28. The molecule has 12 heteroatoms. The summed E-state index contributed by atoms with van der Waals surface area (Å²) in [5.41, 5.74) is 1.25. The topological polar surface area (TPSA) is 129 Å². The normalized spacial score (nSPS) is 11.2. The molecule has 3 aromatic carbocycles. The lowest BCUT2D eigenvalue weighted by Crippen LogP contribution is -2.23. The minimum atomic E-state index is -0.661. The van der Waals surface area contributed by atoms with Gasteiger partial charge in [-0.25, -0.2) is 4.98 Å². The fourth-order valence-electron chi connectivity index (χ4n) is 3.96. The third-order valence-electron chi connectivity index (χ3n) is 5.97. The second-order valence-electron chi connectivity index (χ2n) is 8.91. The number of carbonyl (C=O) groups excluding carboxylic acids is 1. The molecule has 0 spiro atoms. The lowest BCUT2D eigenvalue weighted by molar-refractivity contribution is -0.385. The summed E-state index contributed by atoms with van der Waals surface area (Å²) < 4.78 is 7.53. The van der Waals surface area contributed by atoms with Gasteiger partial charge in [-0.3, -0.25) is 19.7 Å². The van der Waals surface area contributed by atoms with Crippen LogP contribution in [-0.2, 0) is 11.2 Å². The smallest absolute Gasteiger partial charge is 0.313 e. The molecular formula is C28H25BrClN5O5. The number of amides is 1. The molecule has 1 heterocycles. The fraction of sp³-hybridized carbons (Fsp3) is 0.214. The van der Waals surface area contributed by atoms with Gasteiger partial charge in [-0.15, -0.1) is 0 Å². The number of aromatic nitrogens is 2. The monoisotopic (exact) mass is 625 g/mol. The molecule has 0 radical (unpaired) electrons. The van der Waals surface area contributed by atoms with E-state index in [0.29, 0.717) is 33.3 Å². The van der Waals surface area contributed by atoms with Crippen molar-refractivity contribution in [2.45, 2.75) is 33.1 Å². The van der Waals surface area contributed by atoms with Gasteiger partial charge in [0.2, 0.25) is 5.75 Å². The Balaban J connectivity index is 1.73. The summed E-state index contributed by atoms with van der Waals surface area (Å²) in [5, 5.41) is 19.3. The quantitative estimate of drug-likeness (QED) is 0.125. The number of anilines is 1. The molecule has 4 aromatic rings. The zero-order valence-corrected chi connectivity index (χ0v) is 24.0. The summed E-state index contributed by atoms with van der Waals surface area (Å²) in [6, 6.07) is 14.9. The number of unbranched alkanes of at least 4 members (excludes halogenated alkanes) is 1. The fourth-order valence-corrected chi connectivity index (χ4v) is 4.54. The molecule has 0 aliphatic rings. The highest BCUT2D eigenvalue weighted by Gasteiger charge is 2.22. The van der Waals surface area contributed by atoms with E-state index in [1.807, 2.05) is 26.0 Å². The van der Waals surface area contributed by atoms with Gasteiger partial charge >= 0.3 is 5.69 Å². The minimum Gasteiger partial charge on any atom is -0.476 e. The first-order chi connectivity index (χ1) is 19.2. The summed E-state index contributed by atoms with van der Waals surface area (Å²) in [6.45, 7) is 3.35. The largest absolute Gasteiger partial charge is 0.476 e. The molecular weight excluding hydrogens is 602 g/mol. The van der Waals surface area contributed by atoms with Crippen molar-refractivity contribution in [2.24, 2.45) is 5.10 Å². The number of rotatable bonds is 10. The molecule has 1 N–H and O–H groups in total. The van der Waals surface area contributed by atoms with Crippen LogP contribution >= 0.6 is 27.5 Å². The zero-order valence-electron chi connectivity index (χ0n) is 21.7. The van der Waals surface area contributed by atoms with E-state index in [2.05, 4.69) is 31.3 Å². The van der Waals surface area contributed by atoms with Crippen molar-refractivity contribution in [3.05, 3.63) is 102 Å². The third kappa shape index (κ3) is 6.72. The number of para-hydroxylation sites is 1. The number of nitrogens with zero attached hydrogens (tertiary/aromatic N) is 4. The SMILES string of the molecule is CCCCc1nc2ccc(Br)cc2c(=O)n1N=Cc1cc(Cl)cc([N+](=O)[O-])c1OCC(=O)Nc1ccccc1C. The summed E-state index contributed by atoms with van der Waals surface area (Å²) in [7, 11) is 0. The van der Waals surface area contributed by atoms with Crippen LogP contribution in [0.3, 0.4) is 0 Å². The summed E-state index contributed by atoms with van der Waals surface area (Å²) in [5.74, 6) is -0.281. The average molecular weight is 627 g/mol. The van der Waals surface area contributed by atoms with Gasteiger partial charge in [-0.05, 0) is 49.2 Å². The number of nitrogens with one attached hydrogen (secondary N) is 1. The van der Waals surface area contributed by atoms with Crippen molar-refractivity contribution in [1.29, 1.82) is 0 Å². The molecule has 1 aromatic heterocycles. The van der Waals surface area contributed by atoms with Crippen LogP contribution in [0.5, 0.6) is 5.75 Å². The Bertz CT molecular complexity index is 1690. The molecule has 1 amide bonds. The molecule has 0 atom stereocenters. The van der Waals surface area contributed by atoms with Crippen LogP contribution in [0.15, 0.2) is 69.0 Å². The molecule has 0 unspecified atom stereocenters. The molecule has 0 fully saturated rings. The lowest BCUT2D eigenvalue weighted by atomic mass is 10.2. The molecule has 206 valence electrons. The van der Waals surface area contributed by atoms with E-state index >= 15 is 0 Å². The van der Waals surface area contributed by atoms with Crippen LogP contribution in [0.2, 0.25) is 5.02 Å². The number of aryl methyl sites for hydroxylation is 2. The van der Waals surface area contributed by atoms with E-state index in [1.165, 1.54) is 17.0 Å². The second kappa shape index (κ2) is 12.8. The number of nitro groups is 1. The highest BCUT2D eigenvalue weighted by atomic mass is 79.9. The Hall–Kier alpha value is -4.09. The maximum atomic E-state index is 13.4. The number of hydrogen-bond donors (Lipinski definition) is 1. The van der Waals surface area contributed by atoms with Gasteiger partial charge in [0.15, 0.2) is 6.61 Å². The molecule has 40 heavy (non-hydrogen) atoms.